The highest BCUT2D eigenvalue weighted by Gasteiger charge is 2.17. The van der Waals surface area contributed by atoms with E-state index in [1.165, 1.54) is 0 Å². The molecule has 0 amide bonds. The van der Waals surface area contributed by atoms with Crippen LogP contribution in [0.15, 0.2) is 41.5 Å². The fourth-order valence-corrected chi connectivity index (χ4v) is 3.82. The van der Waals surface area contributed by atoms with Crippen LogP contribution in [0.4, 0.5) is 5.82 Å². The molecule has 0 spiro atoms. The number of nitrogens with one attached hydrogen (secondary N) is 2. The van der Waals surface area contributed by atoms with Crippen LogP contribution in [0.1, 0.15) is 31.0 Å². The van der Waals surface area contributed by atoms with E-state index in [1.54, 1.807) is 13.1 Å². The van der Waals surface area contributed by atoms with Gasteiger partial charge in [-0.2, -0.15) is 0 Å². The summed E-state index contributed by atoms with van der Waals surface area (Å²) in [4.78, 5) is 11.2. The number of hydrogen-bond donors (Lipinski definition) is 2. The Bertz CT molecular complexity index is 843. The number of rotatable bonds is 5. The van der Waals surface area contributed by atoms with Gasteiger partial charge in [-0.1, -0.05) is 35.3 Å². The van der Waals surface area contributed by atoms with Crippen LogP contribution in [-0.2, 0) is 11.3 Å². The molecule has 1 aromatic carbocycles. The Balaban J connectivity index is 1.55. The van der Waals surface area contributed by atoms with Gasteiger partial charge in [0.15, 0.2) is 5.96 Å². The molecule has 2 N–H and O–H groups in total. The highest BCUT2D eigenvalue weighted by atomic mass is 35.5. The molecule has 2 atom stereocenters. The predicted octanol–water partition coefficient (Wildman–Crippen LogP) is 4.04. The van der Waals surface area contributed by atoms with Crippen molar-refractivity contribution in [2.75, 3.05) is 31.6 Å². The predicted molar refractivity (Wildman–Crippen MR) is 120 cm³/mol. The van der Waals surface area contributed by atoms with E-state index in [9.17, 15) is 0 Å². The number of guanidine groups is 1. The first-order chi connectivity index (χ1) is 14.0. The first-order valence-corrected chi connectivity index (χ1v) is 10.5. The first kappa shape index (κ1) is 21.7. The lowest BCUT2D eigenvalue weighted by molar-refractivity contribution is 0.0529. The Morgan fingerprint density at radius 1 is 1.34 bits per heavy atom. The van der Waals surface area contributed by atoms with Crippen molar-refractivity contribution < 1.29 is 4.74 Å². The fraction of sp³-hybridized carbons (Fsp3) is 0.429. The van der Waals surface area contributed by atoms with Crippen LogP contribution in [-0.4, -0.2) is 43.8 Å². The van der Waals surface area contributed by atoms with E-state index < -0.39 is 0 Å². The molecule has 1 aliphatic rings. The number of aromatic nitrogens is 1. The van der Waals surface area contributed by atoms with Gasteiger partial charge in [0.2, 0.25) is 0 Å². The van der Waals surface area contributed by atoms with Crippen molar-refractivity contribution in [3.05, 3.63) is 57.7 Å². The van der Waals surface area contributed by atoms with Crippen LogP contribution < -0.4 is 15.5 Å². The molecule has 0 bridgehead atoms. The Hall–Kier alpha value is -2.02. The fourth-order valence-electron chi connectivity index (χ4n) is 3.25. The second-order valence-corrected chi connectivity index (χ2v) is 7.95. The Morgan fingerprint density at radius 3 is 2.83 bits per heavy atom. The third kappa shape index (κ3) is 5.98. The molecule has 156 valence electrons. The summed E-state index contributed by atoms with van der Waals surface area (Å²) >= 11 is 12.3. The number of pyridine rings is 1. The zero-order valence-electron chi connectivity index (χ0n) is 17.0. The maximum absolute atomic E-state index is 6.31. The van der Waals surface area contributed by atoms with E-state index in [2.05, 4.69) is 44.6 Å². The minimum atomic E-state index is -0.0187. The average Bonchev–Trinajstić information content (AvgIpc) is 2.71. The van der Waals surface area contributed by atoms with E-state index in [1.807, 2.05) is 25.3 Å². The summed E-state index contributed by atoms with van der Waals surface area (Å²) in [5.74, 6) is 1.67. The summed E-state index contributed by atoms with van der Waals surface area (Å²) in [6.07, 6.45) is 2.13. The Labute approximate surface area is 182 Å². The number of hydrogen-bond acceptors (Lipinski definition) is 4. The first-order valence-electron chi connectivity index (χ1n) is 9.70. The molecular formula is C21H27Cl2N5O. The largest absolute Gasteiger partial charge is 0.375 e. The number of aliphatic imine (C=N–C) groups is 1. The maximum Gasteiger partial charge on any atom is 0.191 e. The van der Waals surface area contributed by atoms with Crippen molar-refractivity contribution in [1.29, 1.82) is 0 Å². The summed E-state index contributed by atoms with van der Waals surface area (Å²) in [6, 6.07) is 9.62. The third-order valence-corrected chi connectivity index (χ3v) is 5.40. The maximum atomic E-state index is 6.31. The smallest absolute Gasteiger partial charge is 0.191 e. The molecule has 2 heterocycles. The molecule has 1 aromatic heterocycles. The van der Waals surface area contributed by atoms with Gasteiger partial charge in [-0.3, -0.25) is 4.99 Å². The van der Waals surface area contributed by atoms with Gasteiger partial charge in [0.25, 0.3) is 0 Å². The Kier molecular flexibility index (Phi) is 7.58. The van der Waals surface area contributed by atoms with E-state index in [4.69, 9.17) is 27.9 Å². The summed E-state index contributed by atoms with van der Waals surface area (Å²) < 4.78 is 5.59. The minimum Gasteiger partial charge on any atom is -0.375 e. The number of anilines is 1. The number of benzene rings is 1. The highest BCUT2D eigenvalue weighted by Crippen LogP contribution is 2.26. The van der Waals surface area contributed by atoms with Crippen molar-refractivity contribution in [1.82, 2.24) is 15.6 Å². The summed E-state index contributed by atoms with van der Waals surface area (Å²) in [5.41, 5.74) is 2.04. The molecular weight excluding hydrogens is 409 g/mol. The minimum absolute atomic E-state index is 0.0187. The van der Waals surface area contributed by atoms with E-state index in [-0.39, 0.29) is 12.1 Å². The molecule has 2 unspecified atom stereocenters. The second kappa shape index (κ2) is 10.1. The van der Waals surface area contributed by atoms with Gasteiger partial charge in [0.05, 0.1) is 18.8 Å². The summed E-state index contributed by atoms with van der Waals surface area (Å²) in [7, 11) is 1.74. The van der Waals surface area contributed by atoms with Crippen molar-refractivity contribution in [3.63, 3.8) is 0 Å². The zero-order valence-corrected chi connectivity index (χ0v) is 18.5. The monoisotopic (exact) mass is 435 g/mol. The van der Waals surface area contributed by atoms with E-state index >= 15 is 0 Å². The van der Waals surface area contributed by atoms with E-state index in [0.717, 1.165) is 36.6 Å². The molecule has 0 saturated carbocycles. The second-order valence-electron chi connectivity index (χ2n) is 7.11. The van der Waals surface area contributed by atoms with Crippen molar-refractivity contribution in [2.45, 2.75) is 32.5 Å². The molecule has 3 rings (SSSR count). The molecule has 6 nitrogen and oxygen atoms in total. The van der Waals surface area contributed by atoms with Crippen LogP contribution in [0.5, 0.6) is 0 Å². The van der Waals surface area contributed by atoms with Gasteiger partial charge in [-0.15, -0.1) is 0 Å². The van der Waals surface area contributed by atoms with Gasteiger partial charge in [-0.05, 0) is 43.2 Å². The van der Waals surface area contributed by atoms with Crippen molar-refractivity contribution >= 4 is 35.0 Å². The topological polar surface area (TPSA) is 61.8 Å². The van der Waals surface area contributed by atoms with Gasteiger partial charge < -0.3 is 20.3 Å². The zero-order chi connectivity index (χ0) is 20.8. The molecule has 1 aliphatic heterocycles. The number of ether oxygens (including phenoxy) is 1. The standard InChI is InChI=1S/C21H27Cl2N5O/c1-14-13-28(8-9-29-14)20-7-4-16(11-25-20)12-26-21(24-3)27-15(2)18-6-5-17(22)10-19(18)23/h4-7,10-11,14-15H,8-9,12-13H2,1-3H3,(H2,24,26,27). The quantitative estimate of drug-likeness (QED) is 0.547. The molecule has 0 aliphatic carbocycles. The van der Waals surface area contributed by atoms with Gasteiger partial charge >= 0.3 is 0 Å². The van der Waals surface area contributed by atoms with Crippen molar-refractivity contribution in [3.8, 4) is 0 Å². The lowest BCUT2D eigenvalue weighted by atomic mass is 10.1. The molecule has 8 heteroatoms. The van der Waals surface area contributed by atoms with Crippen LogP contribution in [0.3, 0.4) is 0 Å². The van der Waals surface area contributed by atoms with Crippen LogP contribution in [0.25, 0.3) is 0 Å². The normalized spacial score (nSPS) is 18.4. The average molecular weight is 436 g/mol. The Morgan fingerprint density at radius 2 is 2.17 bits per heavy atom. The number of morpholine rings is 1. The summed E-state index contributed by atoms with van der Waals surface area (Å²) in [5, 5.41) is 7.92. The van der Waals surface area contributed by atoms with Crippen LogP contribution in [0.2, 0.25) is 10.0 Å². The van der Waals surface area contributed by atoms with Crippen LogP contribution in [0, 0.1) is 0 Å². The lowest BCUT2D eigenvalue weighted by Gasteiger charge is -2.32. The molecule has 1 saturated heterocycles. The summed E-state index contributed by atoms with van der Waals surface area (Å²) in [6.45, 7) is 7.21. The van der Waals surface area contributed by atoms with Gasteiger partial charge in [0.1, 0.15) is 5.82 Å². The molecule has 1 fully saturated rings. The molecule has 2 aromatic rings. The highest BCUT2D eigenvalue weighted by molar-refractivity contribution is 6.35. The van der Waals surface area contributed by atoms with Crippen LogP contribution >= 0.6 is 23.2 Å². The number of nitrogens with zero attached hydrogens (tertiary/aromatic N) is 3. The SMILES string of the molecule is CN=C(NCc1ccc(N2CCOC(C)C2)nc1)NC(C)c1ccc(Cl)cc1Cl. The van der Waals surface area contributed by atoms with E-state index in [0.29, 0.717) is 22.5 Å². The van der Waals surface area contributed by atoms with Crippen molar-refractivity contribution in [2.24, 2.45) is 4.99 Å². The lowest BCUT2D eigenvalue weighted by Crippen LogP contribution is -2.41. The number of halogens is 2. The van der Waals surface area contributed by atoms with Gasteiger partial charge in [-0.25, -0.2) is 4.98 Å². The molecule has 29 heavy (non-hydrogen) atoms. The third-order valence-electron chi connectivity index (χ3n) is 4.84. The van der Waals surface area contributed by atoms with Gasteiger partial charge in [0, 0.05) is 42.9 Å². The molecule has 0 radical (unpaired) electrons.